The molecule has 0 saturated carbocycles. The smallest absolute Gasteiger partial charge is 0.339 e. The number of esters is 1. The highest BCUT2D eigenvalue weighted by Gasteiger charge is 2.30. The topological polar surface area (TPSA) is 63.6 Å². The van der Waals surface area contributed by atoms with E-state index in [9.17, 15) is 14.7 Å². The van der Waals surface area contributed by atoms with Crippen LogP contribution < -0.4 is 0 Å². The first-order chi connectivity index (χ1) is 10.2. The normalized spacial score (nSPS) is 12.8. The molecule has 0 fully saturated rings. The van der Waals surface area contributed by atoms with E-state index in [0.717, 1.165) is 19.3 Å². The lowest BCUT2D eigenvalue weighted by Crippen LogP contribution is -2.32. The van der Waals surface area contributed by atoms with Gasteiger partial charge >= 0.3 is 11.9 Å². The molecule has 4 nitrogen and oxygen atoms in total. The van der Waals surface area contributed by atoms with Gasteiger partial charge in [-0.1, -0.05) is 46.6 Å². The highest BCUT2D eigenvalue weighted by atomic mass is 127. The Morgan fingerprint density at radius 2 is 1.95 bits per heavy atom. The third-order valence-corrected chi connectivity index (χ3v) is 4.38. The number of carboxylic acids is 1. The SMILES string of the molecule is CCCCC(OC(=O)c1cccc(I)c1C(=O)O)C(C)(C)C. The summed E-state index contributed by atoms with van der Waals surface area (Å²) in [7, 11) is 0. The molecule has 5 heteroatoms. The van der Waals surface area contributed by atoms with Gasteiger partial charge in [0.2, 0.25) is 0 Å². The maximum atomic E-state index is 12.5. The molecule has 0 spiro atoms. The lowest BCUT2D eigenvalue weighted by Gasteiger charge is -2.30. The molecule has 1 atom stereocenters. The van der Waals surface area contributed by atoms with Crippen molar-refractivity contribution < 1.29 is 19.4 Å². The standard InChI is InChI=1S/C17H23IO4/c1-5-6-10-13(17(2,3)4)22-16(21)11-8-7-9-12(18)14(11)15(19)20/h7-9,13H,5-6,10H2,1-4H3,(H,19,20). The zero-order valence-corrected chi connectivity index (χ0v) is 15.6. The number of unbranched alkanes of at least 4 members (excludes halogenated alkanes) is 1. The second kappa shape index (κ2) is 7.94. The van der Waals surface area contributed by atoms with Crippen molar-refractivity contribution in [2.75, 3.05) is 0 Å². The molecule has 122 valence electrons. The minimum absolute atomic E-state index is 0.0104. The lowest BCUT2D eigenvalue weighted by molar-refractivity contribution is -0.00697. The van der Waals surface area contributed by atoms with Gasteiger partial charge in [0.05, 0.1) is 11.1 Å². The maximum absolute atomic E-state index is 12.5. The van der Waals surface area contributed by atoms with Crippen LogP contribution in [0.2, 0.25) is 0 Å². The molecule has 1 aromatic rings. The van der Waals surface area contributed by atoms with Crippen molar-refractivity contribution in [1.29, 1.82) is 0 Å². The van der Waals surface area contributed by atoms with Crippen LogP contribution in [0.1, 0.15) is 67.7 Å². The van der Waals surface area contributed by atoms with Gasteiger partial charge in [-0.15, -0.1) is 0 Å². The molecule has 1 unspecified atom stereocenters. The van der Waals surface area contributed by atoms with Gasteiger partial charge < -0.3 is 9.84 Å². The zero-order valence-electron chi connectivity index (χ0n) is 13.5. The number of carbonyl (C=O) groups excluding carboxylic acids is 1. The number of rotatable bonds is 6. The largest absolute Gasteiger partial charge is 0.478 e. The highest BCUT2D eigenvalue weighted by molar-refractivity contribution is 14.1. The van der Waals surface area contributed by atoms with Crippen LogP contribution in [0.15, 0.2) is 18.2 Å². The molecule has 1 N–H and O–H groups in total. The van der Waals surface area contributed by atoms with E-state index in [1.54, 1.807) is 12.1 Å². The molecule has 22 heavy (non-hydrogen) atoms. The van der Waals surface area contributed by atoms with Crippen LogP contribution in [0.25, 0.3) is 0 Å². The minimum atomic E-state index is -1.11. The van der Waals surface area contributed by atoms with Crippen molar-refractivity contribution in [3.05, 3.63) is 32.9 Å². The average Bonchev–Trinajstić information content (AvgIpc) is 2.41. The molecule has 0 amide bonds. The molecule has 0 heterocycles. The van der Waals surface area contributed by atoms with Crippen molar-refractivity contribution in [2.45, 2.75) is 53.1 Å². The monoisotopic (exact) mass is 418 g/mol. The maximum Gasteiger partial charge on any atom is 0.339 e. The quantitative estimate of drug-likeness (QED) is 0.535. The van der Waals surface area contributed by atoms with Gasteiger partial charge in [-0.2, -0.15) is 0 Å². The fourth-order valence-corrected chi connectivity index (χ4v) is 2.89. The molecular formula is C17H23IO4. The summed E-state index contributed by atoms with van der Waals surface area (Å²) < 4.78 is 6.17. The van der Waals surface area contributed by atoms with Gasteiger partial charge in [0.15, 0.2) is 0 Å². The molecule has 0 aliphatic rings. The molecule has 0 aliphatic heterocycles. The highest BCUT2D eigenvalue weighted by Crippen LogP contribution is 2.28. The first-order valence-corrected chi connectivity index (χ1v) is 8.49. The van der Waals surface area contributed by atoms with Crippen molar-refractivity contribution in [3.63, 3.8) is 0 Å². The number of hydrogen-bond donors (Lipinski definition) is 1. The summed E-state index contributed by atoms with van der Waals surface area (Å²) in [5.41, 5.74) is -0.0581. The first kappa shape index (κ1) is 18.9. The third-order valence-electron chi connectivity index (χ3n) is 3.48. The van der Waals surface area contributed by atoms with Gasteiger partial charge in [-0.25, -0.2) is 9.59 Å². The number of carboxylic acid groups (broad SMARTS) is 1. The van der Waals surface area contributed by atoms with Gasteiger partial charge in [0, 0.05) is 3.57 Å². The Morgan fingerprint density at radius 1 is 1.32 bits per heavy atom. The summed E-state index contributed by atoms with van der Waals surface area (Å²) in [4.78, 5) is 23.8. The van der Waals surface area contributed by atoms with Crippen LogP contribution in [-0.4, -0.2) is 23.1 Å². The fraction of sp³-hybridized carbons (Fsp3) is 0.529. The predicted molar refractivity (Wildman–Crippen MR) is 94.3 cm³/mol. The molecule has 0 saturated heterocycles. The van der Waals surface area contributed by atoms with Gasteiger partial charge in [0.25, 0.3) is 0 Å². The second-order valence-electron chi connectivity index (χ2n) is 6.37. The summed E-state index contributed by atoms with van der Waals surface area (Å²) in [6.45, 7) is 8.15. The molecule has 1 rings (SSSR count). The van der Waals surface area contributed by atoms with Crippen LogP contribution in [0.5, 0.6) is 0 Å². The molecule has 0 aliphatic carbocycles. The van der Waals surface area contributed by atoms with Crippen LogP contribution in [0, 0.1) is 8.99 Å². The lowest BCUT2D eigenvalue weighted by atomic mass is 9.86. The summed E-state index contributed by atoms with van der Waals surface area (Å²) in [6.07, 6.45) is 2.53. The van der Waals surface area contributed by atoms with E-state index in [0.29, 0.717) is 3.57 Å². The molecule has 1 aromatic carbocycles. The van der Waals surface area contributed by atoms with E-state index < -0.39 is 11.9 Å². The van der Waals surface area contributed by atoms with E-state index in [1.807, 2.05) is 43.4 Å². The van der Waals surface area contributed by atoms with E-state index in [2.05, 4.69) is 6.92 Å². The van der Waals surface area contributed by atoms with Crippen LogP contribution in [-0.2, 0) is 4.74 Å². The molecule has 0 bridgehead atoms. The van der Waals surface area contributed by atoms with E-state index in [-0.39, 0.29) is 22.6 Å². The number of benzene rings is 1. The summed E-state index contributed by atoms with van der Waals surface area (Å²) in [6, 6.07) is 4.84. The molecular weight excluding hydrogens is 395 g/mol. The Hall–Kier alpha value is -1.11. The van der Waals surface area contributed by atoms with Crippen molar-refractivity contribution in [3.8, 4) is 0 Å². The number of ether oxygens (including phenoxy) is 1. The van der Waals surface area contributed by atoms with Crippen molar-refractivity contribution in [2.24, 2.45) is 5.41 Å². The Morgan fingerprint density at radius 3 is 2.45 bits per heavy atom. The molecule has 0 radical (unpaired) electrons. The second-order valence-corrected chi connectivity index (χ2v) is 7.53. The summed E-state index contributed by atoms with van der Waals surface area (Å²) >= 11 is 1.92. The number of halogens is 1. The summed E-state index contributed by atoms with van der Waals surface area (Å²) in [5.74, 6) is -1.68. The van der Waals surface area contributed by atoms with Gasteiger partial charge in [-0.05, 0) is 46.6 Å². The van der Waals surface area contributed by atoms with E-state index in [1.165, 1.54) is 6.07 Å². The first-order valence-electron chi connectivity index (χ1n) is 7.41. The van der Waals surface area contributed by atoms with Gasteiger partial charge in [-0.3, -0.25) is 0 Å². The number of aromatic carboxylic acids is 1. The summed E-state index contributed by atoms with van der Waals surface area (Å²) in [5, 5.41) is 9.32. The Kier molecular flexibility index (Phi) is 6.84. The third kappa shape index (κ3) is 4.97. The van der Waals surface area contributed by atoms with Crippen LogP contribution in [0.3, 0.4) is 0 Å². The van der Waals surface area contributed by atoms with Crippen LogP contribution in [0.4, 0.5) is 0 Å². The average molecular weight is 418 g/mol. The van der Waals surface area contributed by atoms with Crippen LogP contribution >= 0.6 is 22.6 Å². The predicted octanol–water partition coefficient (Wildman–Crippen LogP) is 4.75. The fourth-order valence-electron chi connectivity index (χ4n) is 2.16. The molecule has 0 aromatic heterocycles. The van der Waals surface area contributed by atoms with Gasteiger partial charge in [0.1, 0.15) is 6.10 Å². The van der Waals surface area contributed by atoms with Crippen molar-refractivity contribution >= 4 is 34.5 Å². The van der Waals surface area contributed by atoms with E-state index >= 15 is 0 Å². The Bertz CT molecular complexity index is 546. The Labute approximate surface area is 145 Å². The Balaban J connectivity index is 3.05. The van der Waals surface area contributed by atoms with Crippen molar-refractivity contribution in [1.82, 2.24) is 0 Å². The zero-order chi connectivity index (χ0) is 16.9. The van der Waals surface area contributed by atoms with E-state index in [4.69, 9.17) is 4.74 Å². The number of hydrogen-bond acceptors (Lipinski definition) is 3. The minimum Gasteiger partial charge on any atom is -0.478 e. The number of carbonyl (C=O) groups is 2.